The Morgan fingerprint density at radius 2 is 1.75 bits per heavy atom. The van der Waals surface area contributed by atoms with Crippen LogP contribution in [0.2, 0.25) is 0 Å². The molecule has 3 saturated carbocycles. The largest absolute Gasteiger partial charge is 0.461 e. The van der Waals surface area contributed by atoms with Crippen LogP contribution in [0.3, 0.4) is 0 Å². The number of fused-ring (bicyclic) bond motifs is 5. The van der Waals surface area contributed by atoms with Gasteiger partial charge in [-0.25, -0.2) is 0 Å². The average Bonchev–Trinajstić information content (AvgIpc) is 3.15. The van der Waals surface area contributed by atoms with E-state index < -0.39 is 6.04 Å². The molecule has 4 aliphatic carbocycles. The second-order valence-electron chi connectivity index (χ2n) is 14.8. The van der Waals surface area contributed by atoms with E-state index in [4.69, 9.17) is 10.5 Å². The SMILES string of the molecule is CC(C)CCC[C@@H](C)[C@H]1CC[C@H]2[C@@H]3CC=C4C[C@@H](OC(=O)C(N)CC(C)C)CC[C@]4(C)[C@H]3CC[C@]12C. The Bertz CT molecular complexity index is 802. The summed E-state index contributed by atoms with van der Waals surface area (Å²) in [6, 6.07) is -0.484. The van der Waals surface area contributed by atoms with Crippen LogP contribution in [0.1, 0.15) is 126 Å². The van der Waals surface area contributed by atoms with E-state index in [9.17, 15) is 4.79 Å². The third-order valence-electron chi connectivity index (χ3n) is 11.6. The third-order valence-corrected chi connectivity index (χ3v) is 11.6. The second kappa shape index (κ2) is 11.1. The minimum absolute atomic E-state index is 0.0167. The van der Waals surface area contributed by atoms with E-state index in [0.717, 1.165) is 54.8 Å². The van der Waals surface area contributed by atoms with Gasteiger partial charge < -0.3 is 10.5 Å². The monoisotopic (exact) mass is 499 g/mol. The van der Waals surface area contributed by atoms with Gasteiger partial charge in [0.05, 0.1) is 0 Å². The molecule has 0 aromatic rings. The summed E-state index contributed by atoms with van der Waals surface area (Å²) in [7, 11) is 0. The molecule has 2 N–H and O–H groups in total. The van der Waals surface area contributed by atoms with E-state index in [1.54, 1.807) is 5.57 Å². The van der Waals surface area contributed by atoms with Crippen LogP contribution in [0.25, 0.3) is 0 Å². The van der Waals surface area contributed by atoms with Crippen LogP contribution in [-0.4, -0.2) is 18.1 Å². The summed E-state index contributed by atoms with van der Waals surface area (Å²) in [5, 5.41) is 0. The van der Waals surface area contributed by atoms with Crippen LogP contribution in [0.15, 0.2) is 11.6 Å². The lowest BCUT2D eigenvalue weighted by Gasteiger charge is -2.58. The number of nitrogens with two attached hydrogens (primary N) is 1. The van der Waals surface area contributed by atoms with Crippen LogP contribution in [0.5, 0.6) is 0 Å². The molecule has 206 valence electrons. The van der Waals surface area contributed by atoms with Crippen molar-refractivity contribution in [2.45, 2.75) is 138 Å². The maximum Gasteiger partial charge on any atom is 0.323 e. The van der Waals surface area contributed by atoms with Crippen LogP contribution in [0, 0.1) is 52.3 Å². The normalized spacial score (nSPS) is 39.7. The van der Waals surface area contributed by atoms with Gasteiger partial charge in [-0.15, -0.1) is 0 Å². The molecule has 0 saturated heterocycles. The lowest BCUT2D eigenvalue weighted by molar-refractivity contribution is -0.153. The molecule has 0 radical (unpaired) electrons. The van der Waals surface area contributed by atoms with Gasteiger partial charge in [0.25, 0.3) is 0 Å². The van der Waals surface area contributed by atoms with Gasteiger partial charge in [0.15, 0.2) is 0 Å². The van der Waals surface area contributed by atoms with E-state index in [2.05, 4.69) is 54.5 Å². The maximum atomic E-state index is 12.6. The summed E-state index contributed by atoms with van der Waals surface area (Å²) in [6.45, 7) is 16.8. The van der Waals surface area contributed by atoms with Gasteiger partial charge in [0, 0.05) is 6.42 Å². The first-order valence-electron chi connectivity index (χ1n) is 15.6. The van der Waals surface area contributed by atoms with Crippen molar-refractivity contribution in [3.05, 3.63) is 11.6 Å². The molecule has 0 aliphatic heterocycles. The minimum atomic E-state index is -0.484. The highest BCUT2D eigenvalue weighted by atomic mass is 16.5. The average molecular weight is 500 g/mol. The van der Waals surface area contributed by atoms with Crippen LogP contribution >= 0.6 is 0 Å². The number of allylic oxidation sites excluding steroid dienone is 1. The predicted molar refractivity (Wildman–Crippen MR) is 150 cm³/mol. The van der Waals surface area contributed by atoms with Gasteiger partial charge in [-0.2, -0.15) is 0 Å². The molecule has 4 aliphatic rings. The van der Waals surface area contributed by atoms with Gasteiger partial charge in [0.2, 0.25) is 0 Å². The Morgan fingerprint density at radius 1 is 1.00 bits per heavy atom. The molecule has 9 atom stereocenters. The van der Waals surface area contributed by atoms with E-state index in [0.29, 0.717) is 23.2 Å². The molecule has 4 rings (SSSR count). The molecule has 0 heterocycles. The van der Waals surface area contributed by atoms with Crippen LogP contribution in [0.4, 0.5) is 0 Å². The van der Waals surface area contributed by atoms with Gasteiger partial charge in [-0.3, -0.25) is 4.79 Å². The fourth-order valence-electron chi connectivity index (χ4n) is 9.61. The van der Waals surface area contributed by atoms with Crippen molar-refractivity contribution >= 4 is 5.97 Å². The molecule has 36 heavy (non-hydrogen) atoms. The lowest BCUT2D eigenvalue weighted by Crippen LogP contribution is -2.51. The number of esters is 1. The zero-order valence-electron chi connectivity index (χ0n) is 24.7. The molecule has 0 bridgehead atoms. The zero-order valence-corrected chi connectivity index (χ0v) is 24.7. The summed E-state index contributed by atoms with van der Waals surface area (Å²) >= 11 is 0. The molecule has 3 heteroatoms. The van der Waals surface area contributed by atoms with Gasteiger partial charge in [-0.1, -0.05) is 79.4 Å². The quantitative estimate of drug-likeness (QED) is 0.256. The highest BCUT2D eigenvalue weighted by Gasteiger charge is 2.59. The van der Waals surface area contributed by atoms with Crippen molar-refractivity contribution in [3.8, 4) is 0 Å². The van der Waals surface area contributed by atoms with E-state index in [1.165, 1.54) is 51.4 Å². The molecule has 1 unspecified atom stereocenters. The molecular formula is C33H57NO2. The molecule has 0 aromatic heterocycles. The summed E-state index contributed by atoms with van der Waals surface area (Å²) < 4.78 is 5.95. The Balaban J connectivity index is 1.41. The number of carbonyl (C=O) groups is 1. The molecule has 3 fully saturated rings. The summed E-state index contributed by atoms with van der Waals surface area (Å²) in [4.78, 5) is 12.6. The topological polar surface area (TPSA) is 52.3 Å². The summed E-state index contributed by atoms with van der Waals surface area (Å²) in [5.74, 6) is 5.39. The van der Waals surface area contributed by atoms with Crippen molar-refractivity contribution in [2.24, 2.45) is 58.0 Å². The number of hydrogen-bond acceptors (Lipinski definition) is 3. The fourth-order valence-corrected chi connectivity index (χ4v) is 9.61. The number of rotatable bonds is 9. The smallest absolute Gasteiger partial charge is 0.323 e. The van der Waals surface area contributed by atoms with Crippen molar-refractivity contribution in [1.29, 1.82) is 0 Å². The molecule has 3 nitrogen and oxygen atoms in total. The second-order valence-corrected chi connectivity index (χ2v) is 14.8. The third kappa shape index (κ3) is 5.48. The van der Waals surface area contributed by atoms with Crippen molar-refractivity contribution in [2.75, 3.05) is 0 Å². The van der Waals surface area contributed by atoms with Crippen molar-refractivity contribution in [1.82, 2.24) is 0 Å². The number of carbonyl (C=O) groups excluding carboxylic acids is 1. The predicted octanol–water partition coefficient (Wildman–Crippen LogP) is 8.31. The highest BCUT2D eigenvalue weighted by molar-refractivity contribution is 5.75. The number of ether oxygens (including phenoxy) is 1. The summed E-state index contributed by atoms with van der Waals surface area (Å²) in [6.07, 6.45) is 17.6. The molecule has 0 aromatic carbocycles. The van der Waals surface area contributed by atoms with E-state index in [1.807, 2.05) is 0 Å². The van der Waals surface area contributed by atoms with Gasteiger partial charge >= 0.3 is 5.97 Å². The first-order valence-corrected chi connectivity index (χ1v) is 15.6. The first kappa shape index (κ1) is 28.2. The van der Waals surface area contributed by atoms with Crippen molar-refractivity contribution in [3.63, 3.8) is 0 Å². The molecule has 0 spiro atoms. The van der Waals surface area contributed by atoms with Crippen LogP contribution in [-0.2, 0) is 9.53 Å². The lowest BCUT2D eigenvalue weighted by atomic mass is 9.47. The Hall–Kier alpha value is -0.830. The summed E-state index contributed by atoms with van der Waals surface area (Å²) in [5.41, 5.74) is 8.55. The number of hydrogen-bond donors (Lipinski definition) is 1. The first-order chi connectivity index (χ1) is 17.0. The van der Waals surface area contributed by atoms with Gasteiger partial charge in [0.1, 0.15) is 12.1 Å². The standard InChI is InChI=1S/C33H57NO2/c1-21(2)9-8-10-23(5)27-13-14-28-26-12-11-24-20-25(36-31(35)30(34)19-22(3)4)15-17-32(24,6)29(26)16-18-33(27,28)7/h11,21-23,25-30H,8-10,12-20,34H2,1-7H3/t23-,25+,26+,27-,28+,29+,30?,32+,33-/m1/s1. The Labute approximate surface area is 222 Å². The van der Waals surface area contributed by atoms with Crippen molar-refractivity contribution < 1.29 is 9.53 Å². The Morgan fingerprint density at radius 3 is 2.44 bits per heavy atom. The molecular weight excluding hydrogens is 442 g/mol. The Kier molecular flexibility index (Phi) is 8.70. The van der Waals surface area contributed by atoms with Crippen LogP contribution < -0.4 is 5.73 Å². The fraction of sp³-hybridized carbons (Fsp3) is 0.909. The maximum absolute atomic E-state index is 12.6. The zero-order chi connectivity index (χ0) is 26.3. The van der Waals surface area contributed by atoms with E-state index in [-0.39, 0.29) is 12.1 Å². The minimum Gasteiger partial charge on any atom is -0.461 e. The van der Waals surface area contributed by atoms with E-state index >= 15 is 0 Å². The highest BCUT2D eigenvalue weighted by Crippen LogP contribution is 2.67. The van der Waals surface area contributed by atoms with Gasteiger partial charge in [-0.05, 0) is 104 Å². The molecule has 0 amide bonds.